The Kier molecular flexibility index (Phi) is 14.4. The lowest BCUT2D eigenvalue weighted by atomic mass is 10.3. The van der Waals surface area contributed by atoms with Gasteiger partial charge in [-0.05, 0) is 72.8 Å². The fourth-order valence-electron chi connectivity index (χ4n) is 5.89. The van der Waals surface area contributed by atoms with E-state index in [1.807, 2.05) is 0 Å². The molecule has 6 aromatic carbocycles. The highest BCUT2D eigenvalue weighted by Gasteiger charge is 2.22. The van der Waals surface area contributed by atoms with E-state index < -0.39 is 181 Å². The smallest absolute Gasteiger partial charge is 0.294 e. The van der Waals surface area contributed by atoms with Crippen molar-refractivity contribution < 1.29 is 108 Å². The third-order valence-electron chi connectivity index (χ3n) is 9.19. The Morgan fingerprint density at radius 2 is 0.292 bits per heavy atom. The number of phenols is 6. The maximum atomic E-state index is 12.6. The van der Waals surface area contributed by atoms with E-state index in [1.165, 1.54) is 0 Å². The van der Waals surface area contributed by atoms with Crippen molar-refractivity contribution in [1.29, 1.82) is 0 Å². The molecular formula is C36H24O24S12. The second-order valence-electron chi connectivity index (χ2n) is 14.1. The predicted octanol–water partition coefficient (Wildman–Crippen LogP) is 7.75. The van der Waals surface area contributed by atoms with Crippen LogP contribution in [0.25, 0.3) is 56.4 Å². The van der Waals surface area contributed by atoms with E-state index in [0.717, 1.165) is 0 Å². The second kappa shape index (κ2) is 19.0. The molecule has 0 saturated heterocycles. The van der Waals surface area contributed by atoms with Gasteiger partial charge in [-0.2, -0.15) is 50.5 Å². The molecule has 7 aromatic rings. The maximum absolute atomic E-state index is 12.6. The molecule has 36 heteroatoms. The molecule has 12 N–H and O–H groups in total. The van der Waals surface area contributed by atoms with E-state index in [1.54, 1.807) is 0 Å². The summed E-state index contributed by atoms with van der Waals surface area (Å²) in [5.41, 5.74) is 0. The Morgan fingerprint density at radius 3 is 0.361 bits per heavy atom. The van der Waals surface area contributed by atoms with Gasteiger partial charge in [0.15, 0.2) is 0 Å². The van der Waals surface area contributed by atoms with Crippen molar-refractivity contribution in [3.63, 3.8) is 0 Å². The van der Waals surface area contributed by atoms with Crippen LogP contribution in [0.3, 0.4) is 0 Å². The number of hydrogen-bond donors (Lipinski definition) is 12. The number of rotatable bonds is 6. The van der Waals surface area contributed by atoms with Gasteiger partial charge in [0.25, 0.3) is 60.7 Å². The van der Waals surface area contributed by atoms with Crippen LogP contribution >= 0.6 is 68.0 Å². The van der Waals surface area contributed by atoms with Crippen LogP contribution in [-0.4, -0.2) is 108 Å². The summed E-state index contributed by atoms with van der Waals surface area (Å²) in [5.74, 6) is -6.12. The van der Waals surface area contributed by atoms with Crippen LogP contribution in [0.15, 0.2) is 102 Å². The third-order valence-corrected chi connectivity index (χ3v) is 20.5. The number of benzene rings is 6. The van der Waals surface area contributed by atoms with E-state index in [0.29, 0.717) is 72.8 Å². The molecule has 384 valence electrons. The molecule has 1 aromatic heterocycles. The number of fused-ring (bicyclic) bond motifs is 12. The van der Waals surface area contributed by atoms with E-state index in [-0.39, 0.29) is 68.0 Å². The van der Waals surface area contributed by atoms with Gasteiger partial charge in [-0.3, -0.25) is 27.3 Å². The summed E-state index contributed by atoms with van der Waals surface area (Å²) in [7, 11) is -31.9. The minimum Gasteiger partial charge on any atom is -0.505 e. The summed E-state index contributed by atoms with van der Waals surface area (Å²) in [6.07, 6.45) is 0. The highest BCUT2D eigenvalue weighted by molar-refractivity contribution is 7.87. The average Bonchev–Trinajstić information content (AvgIpc) is 3.23. The molecule has 7 rings (SSSR count). The Bertz CT molecular complexity index is 3650. The first-order valence-electron chi connectivity index (χ1n) is 18.0. The van der Waals surface area contributed by atoms with Gasteiger partial charge in [-0.25, -0.2) is 0 Å². The zero-order valence-electron chi connectivity index (χ0n) is 34.1. The van der Waals surface area contributed by atoms with Gasteiger partial charge in [0, 0.05) is 0 Å². The van der Waals surface area contributed by atoms with Crippen molar-refractivity contribution in [2.75, 3.05) is 0 Å². The topological polar surface area (TPSA) is 448 Å². The van der Waals surface area contributed by atoms with Gasteiger partial charge in [0.1, 0.15) is 34.5 Å². The first kappa shape index (κ1) is 54.7. The van der Waals surface area contributed by atoms with E-state index in [9.17, 15) is 108 Å². The van der Waals surface area contributed by atoms with Crippen molar-refractivity contribution in [3.8, 4) is 34.5 Å². The van der Waals surface area contributed by atoms with Gasteiger partial charge in [0.05, 0.1) is 85.8 Å². The summed E-state index contributed by atoms with van der Waals surface area (Å²) >= 11 is 0.726. The molecule has 0 saturated carbocycles. The molecule has 72 heavy (non-hydrogen) atoms. The highest BCUT2D eigenvalue weighted by atomic mass is 32.2. The van der Waals surface area contributed by atoms with Crippen LogP contribution in [0.4, 0.5) is 0 Å². The molecule has 24 nitrogen and oxygen atoms in total. The molecule has 0 aliphatic heterocycles. The standard InChI is InChI=1S/C36H24O24S12/c37-31-19-1-13(67(43,44)45)2-20(31)62-23-5-15(69(49,50)51)6-24(33(23)39)64-27-9-17(71(55,56)57)10-28(35(27)41)66-30-12-18(72(58,59)60)11-29(36(30)42)65-26-8-16(70(52,53)54)7-25(34(26)40)63-22-4-14(68(46,47)48)3-21(61-19)32(22)38/h1-12,37-42H,(H,43,44,45)(H,46,47,48)(H,49,50,51)(H,52,53,54)(H,55,56,57)(H,58,59,60). The average molecular weight is 1230 g/mol. The molecule has 0 amide bonds. The predicted molar refractivity (Wildman–Crippen MR) is 267 cm³/mol. The molecule has 0 atom stereocenters. The molecule has 1 heterocycles. The van der Waals surface area contributed by atoms with E-state index in [4.69, 9.17) is 0 Å². The number of hydrogen-bond acceptors (Lipinski definition) is 24. The van der Waals surface area contributed by atoms with Crippen molar-refractivity contribution in [2.24, 2.45) is 0 Å². The van der Waals surface area contributed by atoms with Gasteiger partial charge >= 0.3 is 0 Å². The first-order chi connectivity index (χ1) is 32.9. The van der Waals surface area contributed by atoms with Crippen LogP contribution in [0.5, 0.6) is 34.5 Å². The highest BCUT2D eigenvalue weighted by Crippen LogP contribution is 2.46. The van der Waals surface area contributed by atoms with E-state index in [2.05, 4.69) is 0 Å². The summed E-state index contributed by atoms with van der Waals surface area (Å²) in [6, 6.07) is 6.94. The lowest BCUT2D eigenvalue weighted by Gasteiger charge is -2.07. The second-order valence-corrected chi connectivity index (χ2v) is 29.1. The fraction of sp³-hybridized carbons (Fsp3) is 0. The van der Waals surface area contributed by atoms with Crippen LogP contribution in [0.2, 0.25) is 0 Å². The summed E-state index contributed by atoms with van der Waals surface area (Å²) in [4.78, 5) is -6.33. The van der Waals surface area contributed by atoms with Crippen LogP contribution in [0, 0.1) is 0 Å². The Labute approximate surface area is 426 Å². The van der Waals surface area contributed by atoms with Crippen LogP contribution in [-0.2, 0) is 60.7 Å². The normalized spacial score (nSPS) is 12.8. The largest absolute Gasteiger partial charge is 0.505 e. The fourth-order valence-corrected chi connectivity index (χ4v) is 16.5. The van der Waals surface area contributed by atoms with Crippen LogP contribution < -0.4 is 0 Å². The summed E-state index contributed by atoms with van der Waals surface area (Å²) in [5, 5.41) is 69.6. The molecule has 0 aliphatic carbocycles. The van der Waals surface area contributed by atoms with Crippen molar-refractivity contribution >= 4 is 185 Å². The van der Waals surface area contributed by atoms with Gasteiger partial charge in [-0.1, -0.05) is 0 Å². The minimum absolute atomic E-state index is 0.121. The zero-order valence-corrected chi connectivity index (χ0v) is 43.9. The monoisotopic (exact) mass is 1220 g/mol. The van der Waals surface area contributed by atoms with Gasteiger partial charge in [-0.15, -0.1) is 68.0 Å². The molecule has 0 radical (unpaired) electrons. The summed E-state index contributed by atoms with van der Waals surface area (Å²) in [6.45, 7) is 0. The Morgan fingerprint density at radius 1 is 0.208 bits per heavy atom. The molecule has 12 bridgehead atoms. The molecule has 0 unspecified atom stereocenters. The minimum atomic E-state index is -5.31. The maximum Gasteiger partial charge on any atom is 0.294 e. The zero-order chi connectivity index (χ0) is 53.6. The molecular weight excluding hydrogens is 1200 g/mol. The van der Waals surface area contributed by atoms with Crippen molar-refractivity contribution in [3.05, 3.63) is 72.8 Å². The number of aromatic hydroxyl groups is 6. The van der Waals surface area contributed by atoms with Gasteiger partial charge in [0.2, 0.25) is 0 Å². The molecule has 0 aliphatic rings. The summed E-state index contributed by atoms with van der Waals surface area (Å²) < 4.78 is 204. The first-order valence-corrected chi connectivity index (χ1v) is 31.6. The van der Waals surface area contributed by atoms with E-state index >= 15 is 0 Å². The van der Waals surface area contributed by atoms with Crippen LogP contribution in [0.1, 0.15) is 0 Å². The van der Waals surface area contributed by atoms with Crippen molar-refractivity contribution in [1.82, 2.24) is 0 Å². The third kappa shape index (κ3) is 11.6. The molecule has 0 fully saturated rings. The quantitative estimate of drug-likeness (QED) is 0.0708. The SMILES string of the molecule is O=S(=O)(O)c1cc2sc3cc(S(=O)(=O)O)cc(sc4cc(S(=O)(=O)O)cc(sc5cc(S(=O)(=O)O)cc(sc6cc(S(=O)(=O)O)cc(sc7cc(S(=O)(=O)O)cc(sc(c1)c2O)c7O)c6O)c5O)c4O)c3O. The number of phenolic OH excluding ortho intramolecular Hbond substituents is 6. The van der Waals surface area contributed by atoms with Crippen molar-refractivity contribution in [2.45, 2.75) is 29.4 Å². The molecule has 0 spiro atoms. The Balaban J connectivity index is 1.90. The Hall–Kier alpha value is -5.10. The lowest BCUT2D eigenvalue weighted by molar-refractivity contribution is 0.479. The van der Waals surface area contributed by atoms with Gasteiger partial charge < -0.3 is 30.6 Å². The lowest BCUT2D eigenvalue weighted by Crippen LogP contribution is -1.98.